The van der Waals surface area contributed by atoms with E-state index in [1.165, 1.54) is 25.7 Å². The molecule has 0 aromatic heterocycles. The van der Waals surface area contributed by atoms with Crippen molar-refractivity contribution in [3.63, 3.8) is 0 Å². The van der Waals surface area contributed by atoms with Crippen LogP contribution >= 0.6 is 15.9 Å². The van der Waals surface area contributed by atoms with Gasteiger partial charge in [-0.3, -0.25) is 0 Å². The van der Waals surface area contributed by atoms with Crippen molar-refractivity contribution in [2.75, 3.05) is 18.5 Å². The monoisotopic (exact) mass is 234 g/mol. The Morgan fingerprint density at radius 2 is 1.83 bits per heavy atom. The van der Waals surface area contributed by atoms with Gasteiger partial charge in [0.15, 0.2) is 0 Å². The third kappa shape index (κ3) is 10.2. The molecule has 0 rings (SSSR count). The predicted octanol–water partition coefficient (Wildman–Crippen LogP) is 3.53. The normalized spacial score (nSPS) is 10.1. The molecule has 0 saturated heterocycles. The Labute approximate surface area is 84.3 Å². The van der Waals surface area contributed by atoms with Crippen molar-refractivity contribution >= 4 is 15.9 Å². The van der Waals surface area contributed by atoms with Crippen molar-refractivity contribution in [2.24, 2.45) is 0 Å². The quantitative estimate of drug-likeness (QED) is 0.337. The Morgan fingerprint density at radius 3 is 2.50 bits per heavy atom. The predicted molar refractivity (Wildman–Crippen MR) is 57.9 cm³/mol. The summed E-state index contributed by atoms with van der Waals surface area (Å²) in [6.07, 6.45) is 7.96. The van der Waals surface area contributed by atoms with E-state index in [4.69, 9.17) is 4.74 Å². The molecule has 0 N–H and O–H groups in total. The summed E-state index contributed by atoms with van der Waals surface area (Å²) in [5.74, 6) is 0. The second-order valence-electron chi connectivity index (χ2n) is 2.79. The molecule has 1 nitrogen and oxygen atoms in total. The second-order valence-corrected chi connectivity index (χ2v) is 3.59. The standard InChI is InChI=1S/C10H19BrO/c1-2-3-9-12-10-7-5-4-6-8-11/h2H,1,3-10H2. The highest BCUT2D eigenvalue weighted by molar-refractivity contribution is 9.09. The lowest BCUT2D eigenvalue weighted by atomic mass is 10.2. The fraction of sp³-hybridized carbons (Fsp3) is 0.800. The van der Waals surface area contributed by atoms with Crippen molar-refractivity contribution in [1.29, 1.82) is 0 Å². The van der Waals surface area contributed by atoms with Crippen molar-refractivity contribution in [3.8, 4) is 0 Å². The smallest absolute Gasteiger partial charge is 0.0500 e. The molecule has 0 bridgehead atoms. The minimum atomic E-state index is 0.835. The zero-order chi connectivity index (χ0) is 9.07. The Morgan fingerprint density at radius 1 is 1.08 bits per heavy atom. The summed E-state index contributed by atoms with van der Waals surface area (Å²) >= 11 is 3.41. The highest BCUT2D eigenvalue weighted by atomic mass is 79.9. The van der Waals surface area contributed by atoms with Gasteiger partial charge in [0.2, 0.25) is 0 Å². The van der Waals surface area contributed by atoms with Crippen molar-refractivity contribution in [3.05, 3.63) is 12.7 Å². The molecule has 0 spiro atoms. The van der Waals surface area contributed by atoms with Crippen molar-refractivity contribution < 1.29 is 4.74 Å². The molecule has 0 aliphatic carbocycles. The number of ether oxygens (including phenoxy) is 1. The van der Waals surface area contributed by atoms with Gasteiger partial charge in [-0.1, -0.05) is 34.8 Å². The van der Waals surface area contributed by atoms with Gasteiger partial charge in [-0.2, -0.15) is 0 Å². The summed E-state index contributed by atoms with van der Waals surface area (Å²) < 4.78 is 5.37. The summed E-state index contributed by atoms with van der Waals surface area (Å²) in [6.45, 7) is 5.38. The maximum Gasteiger partial charge on any atom is 0.0500 e. The largest absolute Gasteiger partial charge is 0.381 e. The molecule has 72 valence electrons. The van der Waals surface area contributed by atoms with E-state index < -0.39 is 0 Å². The average molecular weight is 235 g/mol. The maximum atomic E-state index is 5.37. The zero-order valence-corrected chi connectivity index (χ0v) is 9.31. The van der Waals surface area contributed by atoms with E-state index in [9.17, 15) is 0 Å². The minimum Gasteiger partial charge on any atom is -0.381 e. The first-order valence-corrected chi connectivity index (χ1v) is 5.78. The first-order valence-electron chi connectivity index (χ1n) is 4.66. The van der Waals surface area contributed by atoms with Crippen molar-refractivity contribution in [2.45, 2.75) is 32.1 Å². The zero-order valence-electron chi connectivity index (χ0n) is 7.73. The molecule has 0 aliphatic rings. The van der Waals surface area contributed by atoms with Crippen LogP contribution < -0.4 is 0 Å². The summed E-state index contributed by atoms with van der Waals surface area (Å²) in [7, 11) is 0. The summed E-state index contributed by atoms with van der Waals surface area (Å²) in [5, 5.41) is 1.13. The van der Waals surface area contributed by atoms with Gasteiger partial charge in [-0.25, -0.2) is 0 Å². The van der Waals surface area contributed by atoms with Crippen molar-refractivity contribution in [1.82, 2.24) is 0 Å². The summed E-state index contributed by atoms with van der Waals surface area (Å²) in [5.41, 5.74) is 0. The Balaban J connectivity index is 2.77. The second kappa shape index (κ2) is 11.2. The Hall–Kier alpha value is 0.180. The van der Waals surface area contributed by atoms with Gasteiger partial charge in [0.25, 0.3) is 0 Å². The molecule has 0 unspecified atom stereocenters. The lowest BCUT2D eigenvalue weighted by molar-refractivity contribution is 0.134. The number of hydrogen-bond donors (Lipinski definition) is 0. The van der Waals surface area contributed by atoms with Crippen LogP contribution in [0.1, 0.15) is 32.1 Å². The van der Waals surface area contributed by atoms with Gasteiger partial charge in [0.05, 0.1) is 0 Å². The SMILES string of the molecule is C=CCCOCCCCCCBr. The fourth-order valence-electron chi connectivity index (χ4n) is 0.921. The van der Waals surface area contributed by atoms with Crippen LogP contribution in [-0.2, 0) is 4.74 Å². The number of hydrogen-bond acceptors (Lipinski definition) is 1. The molecule has 0 amide bonds. The molecule has 2 heteroatoms. The molecule has 0 aliphatic heterocycles. The third-order valence-corrected chi connectivity index (χ3v) is 2.20. The number of rotatable bonds is 9. The Kier molecular flexibility index (Phi) is 11.3. The van der Waals surface area contributed by atoms with Crippen LogP contribution in [0.4, 0.5) is 0 Å². The van der Waals surface area contributed by atoms with E-state index in [1.807, 2.05) is 6.08 Å². The summed E-state index contributed by atoms with van der Waals surface area (Å²) in [6, 6.07) is 0. The van der Waals surface area contributed by atoms with E-state index in [0.29, 0.717) is 0 Å². The topological polar surface area (TPSA) is 9.23 Å². The number of halogens is 1. The Bertz CT molecular complexity index is 93.8. The lowest BCUT2D eigenvalue weighted by Crippen LogP contribution is -1.95. The van der Waals surface area contributed by atoms with Crippen LogP contribution in [0.3, 0.4) is 0 Å². The summed E-state index contributed by atoms with van der Waals surface area (Å²) in [4.78, 5) is 0. The fourth-order valence-corrected chi connectivity index (χ4v) is 1.32. The number of alkyl halides is 1. The number of unbranched alkanes of at least 4 members (excludes halogenated alkanes) is 3. The lowest BCUT2D eigenvalue weighted by Gasteiger charge is -2.01. The van der Waals surface area contributed by atoms with Gasteiger partial charge in [-0.05, 0) is 19.3 Å². The molecule has 12 heavy (non-hydrogen) atoms. The van der Waals surface area contributed by atoms with Gasteiger partial charge in [0, 0.05) is 18.5 Å². The molecular weight excluding hydrogens is 216 g/mol. The van der Waals surface area contributed by atoms with Gasteiger partial charge in [-0.15, -0.1) is 6.58 Å². The molecule has 0 radical (unpaired) electrons. The average Bonchev–Trinajstić information content (AvgIpc) is 2.10. The highest BCUT2D eigenvalue weighted by Gasteiger charge is 1.89. The first-order chi connectivity index (χ1) is 5.91. The van der Waals surface area contributed by atoms with Gasteiger partial charge in [0.1, 0.15) is 0 Å². The van der Waals surface area contributed by atoms with E-state index in [-0.39, 0.29) is 0 Å². The first kappa shape index (κ1) is 12.2. The third-order valence-electron chi connectivity index (χ3n) is 1.64. The molecular formula is C10H19BrO. The molecule has 0 saturated carbocycles. The van der Waals surface area contributed by atoms with Crippen LogP contribution in [0.15, 0.2) is 12.7 Å². The van der Waals surface area contributed by atoms with E-state index in [2.05, 4.69) is 22.5 Å². The van der Waals surface area contributed by atoms with Crippen LogP contribution in [0.25, 0.3) is 0 Å². The van der Waals surface area contributed by atoms with Gasteiger partial charge >= 0.3 is 0 Å². The molecule has 0 aromatic carbocycles. The van der Waals surface area contributed by atoms with Crippen LogP contribution in [0.2, 0.25) is 0 Å². The highest BCUT2D eigenvalue weighted by Crippen LogP contribution is 2.02. The van der Waals surface area contributed by atoms with Crippen LogP contribution in [0.5, 0.6) is 0 Å². The minimum absolute atomic E-state index is 0.835. The van der Waals surface area contributed by atoms with Crippen LogP contribution in [0, 0.1) is 0 Å². The molecule has 0 heterocycles. The van der Waals surface area contributed by atoms with Gasteiger partial charge < -0.3 is 4.74 Å². The molecule has 0 atom stereocenters. The maximum absolute atomic E-state index is 5.37. The van der Waals surface area contributed by atoms with Crippen LogP contribution in [-0.4, -0.2) is 18.5 Å². The molecule has 0 aromatic rings. The van der Waals surface area contributed by atoms with E-state index in [0.717, 1.165) is 25.0 Å². The van der Waals surface area contributed by atoms with E-state index >= 15 is 0 Å². The van der Waals surface area contributed by atoms with E-state index in [1.54, 1.807) is 0 Å². The molecule has 0 fully saturated rings.